The molecule has 0 atom stereocenters. The number of rotatable bonds is 9. The highest BCUT2D eigenvalue weighted by Gasteiger charge is 2.38. The number of para-hydroxylation sites is 3. The topological polar surface area (TPSA) is 33.5 Å². The highest BCUT2D eigenvalue weighted by Crippen LogP contribution is 2.54. The first-order chi connectivity index (χ1) is 46.4. The summed E-state index contributed by atoms with van der Waals surface area (Å²) in [7, 11) is 0. The number of hydrogen-bond acceptors (Lipinski definition) is 4. The van der Waals surface area contributed by atoms with Gasteiger partial charge < -0.3 is 14.5 Å². The van der Waals surface area contributed by atoms with Crippen molar-refractivity contribution in [3.63, 3.8) is 0 Å². The molecule has 3 heterocycles. The Morgan fingerprint density at radius 3 is 1.79 bits per heavy atom. The molecule has 11 aromatic rings. The average molecular weight is 1080 g/mol. The summed E-state index contributed by atoms with van der Waals surface area (Å²) in [4.78, 5) is 9.10. The highest BCUT2D eigenvalue weighted by molar-refractivity contribution is 6.09. The molecule has 1 aliphatic carbocycles. The van der Waals surface area contributed by atoms with Crippen LogP contribution in [0, 0.1) is 0 Å². The van der Waals surface area contributed by atoms with E-state index < -0.39 is 119 Å². The van der Waals surface area contributed by atoms with Crippen molar-refractivity contribution in [3.8, 4) is 61.8 Å². The monoisotopic (exact) mass is 1070 g/mol. The van der Waals surface area contributed by atoms with Crippen molar-refractivity contribution in [1.82, 2.24) is 9.55 Å². The summed E-state index contributed by atoms with van der Waals surface area (Å²) in [6, 6.07) is 23.8. The van der Waals surface area contributed by atoms with Gasteiger partial charge >= 0.3 is 0 Å². The average Bonchev–Trinajstić information content (AvgIpc) is 1.70. The second-order valence-corrected chi connectivity index (χ2v) is 24.6. The van der Waals surface area contributed by atoms with Crippen LogP contribution in [-0.4, -0.2) is 16.2 Å². The number of fused-ring (bicyclic) bond motifs is 5. The molecule has 0 saturated heterocycles. The predicted octanol–water partition coefficient (Wildman–Crippen LogP) is 20.8. The van der Waals surface area contributed by atoms with Crippen molar-refractivity contribution in [2.75, 3.05) is 16.5 Å². The summed E-state index contributed by atoms with van der Waals surface area (Å²) in [6.45, 7) is 21.2. The van der Waals surface area contributed by atoms with E-state index >= 15 is 0 Å². The Hall–Kier alpha value is -8.67. The van der Waals surface area contributed by atoms with E-state index in [1.54, 1.807) is 34.9 Å². The molecular weight excluding hydrogens is 985 g/mol. The Balaban J connectivity index is 0.975. The van der Waals surface area contributed by atoms with Crippen LogP contribution >= 0.6 is 0 Å². The molecule has 0 saturated carbocycles. The maximum absolute atomic E-state index is 9.99. The van der Waals surface area contributed by atoms with Gasteiger partial charge in [0.2, 0.25) is 0 Å². The van der Waals surface area contributed by atoms with Crippen molar-refractivity contribution >= 4 is 44.6 Å². The van der Waals surface area contributed by atoms with Crippen LogP contribution in [0.25, 0.3) is 72.1 Å². The highest BCUT2D eigenvalue weighted by atomic mass is 16.5. The zero-order valence-corrected chi connectivity index (χ0v) is 47.2. The molecule has 0 unspecified atom stereocenters. The molecule has 81 heavy (non-hydrogen) atoms. The zero-order valence-electron chi connectivity index (χ0n) is 65.2. The van der Waals surface area contributed by atoms with Gasteiger partial charge in [0.05, 0.1) is 52.8 Å². The maximum Gasteiger partial charge on any atom is 0.137 e. The van der Waals surface area contributed by atoms with Gasteiger partial charge in [0.15, 0.2) is 0 Å². The van der Waals surface area contributed by atoms with Gasteiger partial charge in [-0.05, 0) is 145 Å². The Morgan fingerprint density at radius 1 is 0.481 bits per heavy atom. The first kappa shape index (κ1) is 35.1. The second-order valence-electron chi connectivity index (χ2n) is 24.6. The molecule has 1 aliphatic heterocycles. The van der Waals surface area contributed by atoms with Gasteiger partial charge in [-0.2, -0.15) is 0 Å². The molecule has 9 aromatic carbocycles. The molecule has 0 bridgehead atoms. The number of nitrogens with zero attached hydrogens (tertiary/aromatic N) is 4. The van der Waals surface area contributed by atoms with Crippen LogP contribution in [0.3, 0.4) is 0 Å². The van der Waals surface area contributed by atoms with E-state index in [0.29, 0.717) is 50.5 Å². The minimum Gasteiger partial charge on any atom is -0.457 e. The molecule has 0 amide bonds. The van der Waals surface area contributed by atoms with Gasteiger partial charge in [-0.3, -0.25) is 4.57 Å². The lowest BCUT2D eigenvalue weighted by Crippen LogP contribution is -2.33. The van der Waals surface area contributed by atoms with E-state index in [1.165, 1.54) is 17.3 Å². The van der Waals surface area contributed by atoms with Gasteiger partial charge in [-0.1, -0.05) is 208 Å². The molecule has 5 heteroatoms. The normalized spacial score (nSPS) is 17.9. The molecule has 2 aliphatic rings. The van der Waals surface area contributed by atoms with Crippen molar-refractivity contribution in [2.45, 2.75) is 104 Å². The van der Waals surface area contributed by atoms with Gasteiger partial charge in [0.1, 0.15) is 24.0 Å². The van der Waals surface area contributed by atoms with E-state index in [-0.39, 0.29) is 57.4 Å². The standard InChI is InChI=1S/C76H72N4O/c1-73(2,3)55-43-61(53-34-32-51(33-35-53)50-22-13-11-14-23-50)72(62(44-55)54-36-39-64-66(42-54)76(9,10)41-40-75(64,7)8)79-49-78(68-30-19-20-31-69(68)79)56-26-21-27-57(45-56)81-58-37-38-60-59-28-17-18-29-67(59)80(70(60)46-58)71-47-65(74(4,5)6)63(48-77-71)52-24-15-12-16-25-52/h11-39,42-48H,40-41,49H2,1-10H3/i11D,12D,13D,14D,15D,16D,17D,18D,22D,23D,24D,25D,28D,29D,32D,33D,34D,35D. The smallest absolute Gasteiger partial charge is 0.137 e. The van der Waals surface area contributed by atoms with Crippen molar-refractivity contribution in [1.29, 1.82) is 0 Å². The van der Waals surface area contributed by atoms with Crippen LogP contribution in [-0.2, 0) is 21.7 Å². The van der Waals surface area contributed by atoms with Crippen molar-refractivity contribution in [3.05, 3.63) is 240 Å². The number of pyridine rings is 1. The van der Waals surface area contributed by atoms with Gasteiger partial charge in [-0.25, -0.2) is 4.98 Å². The summed E-state index contributed by atoms with van der Waals surface area (Å²) in [5, 5.41) is 0.703. The Bertz CT molecular complexity index is 5230. The molecule has 402 valence electrons. The molecule has 0 N–H and O–H groups in total. The predicted molar refractivity (Wildman–Crippen MR) is 342 cm³/mol. The Kier molecular flexibility index (Phi) is 8.48. The minimum absolute atomic E-state index is 0.0296. The number of anilines is 4. The van der Waals surface area contributed by atoms with E-state index in [1.807, 2.05) is 69.3 Å². The lowest BCUT2D eigenvalue weighted by atomic mass is 9.63. The zero-order chi connectivity index (χ0) is 71.7. The number of aromatic nitrogens is 2. The van der Waals surface area contributed by atoms with Crippen LogP contribution in [0.2, 0.25) is 0 Å². The van der Waals surface area contributed by atoms with Gasteiger partial charge in [0, 0.05) is 51.5 Å². The molecule has 5 nitrogen and oxygen atoms in total. The van der Waals surface area contributed by atoms with Crippen LogP contribution in [0.15, 0.2) is 218 Å². The van der Waals surface area contributed by atoms with E-state index in [0.717, 1.165) is 40.9 Å². The molecular formula is C76H72N4O. The number of benzene rings is 9. The molecule has 13 rings (SSSR count). The van der Waals surface area contributed by atoms with Crippen LogP contribution in [0.1, 0.15) is 129 Å². The quantitative estimate of drug-likeness (QED) is 0.144. The number of ether oxygens (including phenoxy) is 1. The molecule has 0 fully saturated rings. The van der Waals surface area contributed by atoms with Crippen molar-refractivity contribution < 1.29 is 29.4 Å². The fourth-order valence-electron chi connectivity index (χ4n) is 11.7. The SMILES string of the molecule is [2H]c1c([2H])c([2H])c(-c2cnc(-n3c4cc(Oc5cccc(N6CN(c7c(-c8ccc9c(c8)C(C)(C)CCC9(C)C)cc(C(C)(C)C)cc7-c7c([2H])c([2H])c(-c8c([2H])c([2H])c([2H])c([2H])c8[2H])c([2H])c7[2H])c7ccccc76)c5)ccc4c4c([2H])c([2H])c([2H])c([2H])c43)cc2C(C)(C)C)c([2H])c1[2H]. The molecule has 0 spiro atoms. The summed E-state index contributed by atoms with van der Waals surface area (Å²) in [6.07, 6.45) is 3.39. The molecule has 2 aromatic heterocycles. The summed E-state index contributed by atoms with van der Waals surface area (Å²) in [5.74, 6) is 0.973. The first-order valence-corrected chi connectivity index (χ1v) is 27.4. The Labute approximate surface area is 504 Å². The van der Waals surface area contributed by atoms with E-state index in [9.17, 15) is 8.22 Å². The van der Waals surface area contributed by atoms with E-state index in [2.05, 4.69) is 82.5 Å². The minimum atomic E-state index is -0.719. The fourth-order valence-corrected chi connectivity index (χ4v) is 11.7. The summed E-state index contributed by atoms with van der Waals surface area (Å²) >= 11 is 0. The largest absolute Gasteiger partial charge is 0.457 e. The van der Waals surface area contributed by atoms with Crippen molar-refractivity contribution in [2.24, 2.45) is 0 Å². The third-order valence-electron chi connectivity index (χ3n) is 16.2. The Morgan fingerprint density at radius 2 is 1.09 bits per heavy atom. The summed E-state index contributed by atoms with van der Waals surface area (Å²) in [5.41, 5.74) is 6.99. The third-order valence-corrected chi connectivity index (χ3v) is 16.2. The van der Waals surface area contributed by atoms with Crippen LogP contribution in [0.5, 0.6) is 11.5 Å². The lowest BCUT2D eigenvalue weighted by molar-refractivity contribution is 0.332. The second kappa shape index (κ2) is 19.6. The third kappa shape index (κ3) is 9.37. The van der Waals surface area contributed by atoms with Gasteiger partial charge in [0.25, 0.3) is 0 Å². The lowest BCUT2D eigenvalue weighted by Gasteiger charge is -2.42. The molecule has 0 radical (unpaired) electrons. The van der Waals surface area contributed by atoms with Crippen LogP contribution < -0.4 is 14.5 Å². The first-order valence-electron chi connectivity index (χ1n) is 36.4. The maximum atomic E-state index is 9.99. The number of hydrogen-bond donors (Lipinski definition) is 0. The van der Waals surface area contributed by atoms with Gasteiger partial charge in [-0.15, -0.1) is 0 Å². The fraction of sp³-hybridized carbons (Fsp3) is 0.224. The summed E-state index contributed by atoms with van der Waals surface area (Å²) < 4.78 is 170. The van der Waals surface area contributed by atoms with E-state index in [4.69, 9.17) is 26.2 Å². The van der Waals surface area contributed by atoms with Crippen LogP contribution in [0.4, 0.5) is 22.7 Å².